The van der Waals surface area contributed by atoms with Crippen molar-refractivity contribution in [1.29, 1.82) is 0 Å². The molecule has 0 aliphatic carbocycles. The monoisotopic (exact) mass is 369 g/mol. The molecule has 140 valence electrons. The zero-order valence-corrected chi connectivity index (χ0v) is 16.2. The predicted molar refractivity (Wildman–Crippen MR) is 101 cm³/mol. The van der Waals surface area contributed by atoms with E-state index < -0.39 is 5.54 Å². The normalized spacial score (nSPS) is 13.0. The molecule has 0 heterocycles. The van der Waals surface area contributed by atoms with Gasteiger partial charge in [-0.1, -0.05) is 24.9 Å². The first-order valence-corrected chi connectivity index (χ1v) is 8.93. The Kier molecular flexibility index (Phi) is 8.19. The maximum atomic E-state index is 12.2. The lowest BCUT2D eigenvalue weighted by molar-refractivity contribution is -0.133. The highest BCUT2D eigenvalue weighted by Gasteiger charge is 2.27. The summed E-state index contributed by atoms with van der Waals surface area (Å²) in [6, 6.07) is 4.88. The smallest absolute Gasteiger partial charge is 0.260 e. The fraction of sp³-hybridized carbons (Fsp3) is 0.556. The standard InChI is InChI=1S/C18H28ClN3O3/c1-5-10-18(4,20)17(24)21-13-8-9-15(14(19)11-13)25-12-16(23)22(6-2)7-3/h8-9,11H,5-7,10,12,20H2,1-4H3,(H,21,24). The van der Waals surface area contributed by atoms with Crippen LogP contribution in [-0.4, -0.2) is 41.9 Å². The second kappa shape index (κ2) is 9.63. The second-order valence-corrected chi connectivity index (χ2v) is 6.53. The summed E-state index contributed by atoms with van der Waals surface area (Å²) < 4.78 is 5.49. The van der Waals surface area contributed by atoms with E-state index in [1.165, 1.54) is 0 Å². The predicted octanol–water partition coefficient (Wildman–Crippen LogP) is 3.04. The molecular formula is C18H28ClN3O3. The summed E-state index contributed by atoms with van der Waals surface area (Å²) in [4.78, 5) is 25.9. The number of likely N-dealkylation sites (N-methyl/N-ethyl adjacent to an activating group) is 1. The zero-order valence-electron chi connectivity index (χ0n) is 15.4. The molecular weight excluding hydrogens is 342 g/mol. The number of halogens is 1. The number of carbonyl (C=O) groups is 2. The van der Waals surface area contributed by atoms with Gasteiger partial charge in [0.05, 0.1) is 10.6 Å². The van der Waals surface area contributed by atoms with E-state index in [1.807, 2.05) is 20.8 Å². The summed E-state index contributed by atoms with van der Waals surface area (Å²) in [6.45, 7) is 8.68. The average Bonchev–Trinajstić information content (AvgIpc) is 2.55. The van der Waals surface area contributed by atoms with Gasteiger partial charge in [0.25, 0.3) is 5.91 Å². The SMILES string of the molecule is CCCC(C)(N)C(=O)Nc1ccc(OCC(=O)N(CC)CC)c(Cl)c1. The van der Waals surface area contributed by atoms with E-state index in [4.69, 9.17) is 22.1 Å². The molecule has 0 saturated carbocycles. The molecule has 1 rings (SSSR count). The third kappa shape index (κ3) is 6.21. The number of benzene rings is 1. The first-order chi connectivity index (χ1) is 11.7. The summed E-state index contributed by atoms with van der Waals surface area (Å²) in [5.41, 5.74) is 5.61. The lowest BCUT2D eigenvalue weighted by Gasteiger charge is -2.23. The number of carbonyl (C=O) groups excluding carboxylic acids is 2. The van der Waals surface area contributed by atoms with Crippen LogP contribution in [0.1, 0.15) is 40.5 Å². The number of nitrogens with zero attached hydrogens (tertiary/aromatic N) is 1. The Bertz CT molecular complexity index is 601. The van der Waals surface area contributed by atoms with Crippen LogP contribution in [0.15, 0.2) is 18.2 Å². The highest BCUT2D eigenvalue weighted by atomic mass is 35.5. The Morgan fingerprint density at radius 1 is 1.28 bits per heavy atom. The van der Waals surface area contributed by atoms with Crippen LogP contribution in [0.25, 0.3) is 0 Å². The number of hydrogen-bond donors (Lipinski definition) is 2. The van der Waals surface area contributed by atoms with E-state index in [0.717, 1.165) is 6.42 Å². The molecule has 3 N–H and O–H groups in total. The lowest BCUT2D eigenvalue weighted by Crippen LogP contribution is -2.48. The Hall–Kier alpha value is -1.79. The van der Waals surface area contributed by atoms with Crippen LogP contribution < -0.4 is 15.8 Å². The molecule has 0 aliphatic heterocycles. The molecule has 2 amide bonds. The van der Waals surface area contributed by atoms with Gasteiger partial charge in [-0.15, -0.1) is 0 Å². The summed E-state index contributed by atoms with van der Waals surface area (Å²) in [6.07, 6.45) is 1.40. The second-order valence-electron chi connectivity index (χ2n) is 6.12. The van der Waals surface area contributed by atoms with Gasteiger partial charge >= 0.3 is 0 Å². The number of nitrogens with one attached hydrogen (secondary N) is 1. The van der Waals surface area contributed by atoms with Gasteiger partial charge in [-0.25, -0.2) is 0 Å². The summed E-state index contributed by atoms with van der Waals surface area (Å²) in [7, 11) is 0. The van der Waals surface area contributed by atoms with Crippen LogP contribution >= 0.6 is 11.6 Å². The van der Waals surface area contributed by atoms with E-state index in [0.29, 0.717) is 36.0 Å². The molecule has 0 aliphatic rings. The molecule has 0 saturated heterocycles. The maximum Gasteiger partial charge on any atom is 0.260 e. The topological polar surface area (TPSA) is 84.7 Å². The van der Waals surface area contributed by atoms with Crippen LogP contribution in [0.4, 0.5) is 5.69 Å². The van der Waals surface area contributed by atoms with Crippen LogP contribution in [0.3, 0.4) is 0 Å². The fourth-order valence-electron chi connectivity index (χ4n) is 2.41. The highest BCUT2D eigenvalue weighted by molar-refractivity contribution is 6.32. The molecule has 0 spiro atoms. The molecule has 0 bridgehead atoms. The van der Waals surface area contributed by atoms with Crippen LogP contribution in [0.5, 0.6) is 5.75 Å². The van der Waals surface area contributed by atoms with Crippen molar-refractivity contribution in [3.05, 3.63) is 23.2 Å². The van der Waals surface area contributed by atoms with E-state index in [-0.39, 0.29) is 18.4 Å². The van der Waals surface area contributed by atoms with Gasteiger partial charge in [0, 0.05) is 18.8 Å². The van der Waals surface area contributed by atoms with Crippen molar-refractivity contribution in [2.24, 2.45) is 5.73 Å². The molecule has 7 heteroatoms. The highest BCUT2D eigenvalue weighted by Crippen LogP contribution is 2.28. The van der Waals surface area contributed by atoms with Gasteiger partial charge in [-0.2, -0.15) is 0 Å². The van der Waals surface area contributed by atoms with Gasteiger partial charge in [0.15, 0.2) is 6.61 Å². The van der Waals surface area contributed by atoms with Gasteiger partial charge in [-0.3, -0.25) is 9.59 Å². The minimum Gasteiger partial charge on any atom is -0.482 e. The fourth-order valence-corrected chi connectivity index (χ4v) is 2.64. The van der Waals surface area contributed by atoms with Crippen molar-refractivity contribution in [1.82, 2.24) is 4.90 Å². The van der Waals surface area contributed by atoms with Crippen LogP contribution in [-0.2, 0) is 9.59 Å². The van der Waals surface area contributed by atoms with Crippen LogP contribution in [0, 0.1) is 0 Å². The minimum atomic E-state index is -0.938. The van der Waals surface area contributed by atoms with Gasteiger partial charge < -0.3 is 20.7 Å². The zero-order chi connectivity index (χ0) is 19.0. The van der Waals surface area contributed by atoms with Gasteiger partial charge in [0.1, 0.15) is 5.75 Å². The van der Waals surface area contributed by atoms with Crippen molar-refractivity contribution in [3.63, 3.8) is 0 Å². The Balaban J connectivity index is 2.71. The van der Waals surface area contributed by atoms with E-state index in [2.05, 4.69) is 5.32 Å². The van der Waals surface area contributed by atoms with Crippen molar-refractivity contribution in [2.75, 3.05) is 25.0 Å². The quantitative estimate of drug-likeness (QED) is 0.700. The average molecular weight is 370 g/mol. The van der Waals surface area contributed by atoms with Gasteiger partial charge in [-0.05, 0) is 45.4 Å². The Morgan fingerprint density at radius 3 is 2.44 bits per heavy atom. The van der Waals surface area contributed by atoms with Crippen molar-refractivity contribution in [2.45, 2.75) is 46.1 Å². The molecule has 1 aromatic carbocycles. The molecule has 0 fully saturated rings. The number of ether oxygens (including phenoxy) is 1. The van der Waals surface area contributed by atoms with Gasteiger partial charge in [0.2, 0.25) is 5.91 Å². The molecule has 6 nitrogen and oxygen atoms in total. The van der Waals surface area contributed by atoms with Crippen molar-refractivity contribution >= 4 is 29.1 Å². The third-order valence-corrected chi connectivity index (χ3v) is 4.24. The lowest BCUT2D eigenvalue weighted by atomic mass is 9.96. The van der Waals surface area contributed by atoms with E-state index >= 15 is 0 Å². The Morgan fingerprint density at radius 2 is 1.92 bits per heavy atom. The Labute approximate surface area is 154 Å². The van der Waals surface area contributed by atoms with Crippen molar-refractivity contribution < 1.29 is 14.3 Å². The number of nitrogens with two attached hydrogens (primary N) is 1. The number of rotatable bonds is 9. The number of amides is 2. The summed E-state index contributed by atoms with van der Waals surface area (Å²) in [5, 5.41) is 3.08. The number of anilines is 1. The largest absolute Gasteiger partial charge is 0.482 e. The molecule has 0 radical (unpaired) electrons. The summed E-state index contributed by atoms with van der Waals surface area (Å²) in [5.74, 6) is 0.0250. The first kappa shape index (κ1) is 21.3. The molecule has 1 unspecified atom stereocenters. The van der Waals surface area contributed by atoms with Crippen molar-refractivity contribution in [3.8, 4) is 5.75 Å². The molecule has 1 atom stereocenters. The molecule has 25 heavy (non-hydrogen) atoms. The van der Waals surface area contributed by atoms with E-state index in [1.54, 1.807) is 30.0 Å². The van der Waals surface area contributed by atoms with E-state index in [9.17, 15) is 9.59 Å². The molecule has 1 aromatic rings. The third-order valence-electron chi connectivity index (χ3n) is 3.95. The number of hydrogen-bond acceptors (Lipinski definition) is 4. The first-order valence-electron chi connectivity index (χ1n) is 8.55. The molecule has 0 aromatic heterocycles. The minimum absolute atomic E-state index is 0.0789. The summed E-state index contributed by atoms with van der Waals surface area (Å²) >= 11 is 6.19. The maximum absolute atomic E-state index is 12.2. The van der Waals surface area contributed by atoms with Crippen LogP contribution in [0.2, 0.25) is 5.02 Å².